The maximum Gasteiger partial charge on any atom is 0.446 e. The van der Waals surface area contributed by atoms with E-state index >= 15 is 0 Å². The van der Waals surface area contributed by atoms with Gasteiger partial charge in [-0.05, 0) is 67.4 Å². The zero-order valence-electron chi connectivity index (χ0n) is 16.0. The number of benzene rings is 1. The molecule has 158 valence electrons. The standard InChI is InChI=1S/C20H18F3N3O3S/c1-2-29-16-11-13(7-10-24-16)12-25-18(28)26(17(27)19(25)8-9-19)14-3-5-15(6-4-14)30-20(21,22)23/h3-7,10-11H,2,8-9,12H2,1H3. The fraction of sp³-hybridized carbons (Fsp3) is 0.350. The van der Waals surface area contributed by atoms with Gasteiger partial charge in [-0.1, -0.05) is 0 Å². The van der Waals surface area contributed by atoms with Gasteiger partial charge in [0.25, 0.3) is 5.91 Å². The van der Waals surface area contributed by atoms with E-state index in [9.17, 15) is 22.8 Å². The summed E-state index contributed by atoms with van der Waals surface area (Å²) in [5.41, 5.74) is -4.25. The number of alkyl halides is 3. The second-order valence-electron chi connectivity index (χ2n) is 7.02. The predicted molar refractivity (Wildman–Crippen MR) is 104 cm³/mol. The summed E-state index contributed by atoms with van der Waals surface area (Å²) in [4.78, 5) is 32.8. The first-order valence-corrected chi connectivity index (χ1v) is 10.1. The van der Waals surface area contributed by atoms with Crippen molar-refractivity contribution in [3.8, 4) is 5.88 Å². The zero-order valence-corrected chi connectivity index (χ0v) is 16.8. The molecular formula is C20H18F3N3O3S. The number of hydrogen-bond acceptors (Lipinski definition) is 5. The van der Waals surface area contributed by atoms with Crippen molar-refractivity contribution in [2.24, 2.45) is 0 Å². The SMILES string of the molecule is CCOc1cc(CN2C(=O)N(c3ccc(SC(F)(F)F)cc3)C(=O)C23CC3)ccn1. The van der Waals surface area contributed by atoms with E-state index in [4.69, 9.17) is 4.74 Å². The Morgan fingerprint density at radius 1 is 1.17 bits per heavy atom. The first-order chi connectivity index (χ1) is 14.2. The quantitative estimate of drug-likeness (QED) is 0.489. The molecule has 10 heteroatoms. The Morgan fingerprint density at radius 2 is 1.87 bits per heavy atom. The molecule has 2 aromatic rings. The summed E-state index contributed by atoms with van der Waals surface area (Å²) < 4.78 is 43.0. The number of carbonyl (C=O) groups is 2. The van der Waals surface area contributed by atoms with Crippen molar-refractivity contribution in [3.05, 3.63) is 48.2 Å². The molecular weight excluding hydrogens is 419 g/mol. The highest BCUT2D eigenvalue weighted by Gasteiger charge is 2.65. The molecule has 0 atom stereocenters. The molecule has 30 heavy (non-hydrogen) atoms. The second kappa shape index (κ2) is 7.50. The molecule has 3 amide bonds. The Kier molecular flexibility index (Phi) is 5.13. The summed E-state index contributed by atoms with van der Waals surface area (Å²) >= 11 is -0.243. The second-order valence-corrected chi connectivity index (χ2v) is 8.16. The van der Waals surface area contributed by atoms with E-state index < -0.39 is 17.1 Å². The molecule has 1 aliphatic heterocycles. The summed E-state index contributed by atoms with van der Waals surface area (Å²) in [6, 6.07) is 8.24. The Hall–Kier alpha value is -2.75. The molecule has 2 aliphatic rings. The van der Waals surface area contributed by atoms with Crippen molar-refractivity contribution in [1.82, 2.24) is 9.88 Å². The Morgan fingerprint density at radius 3 is 2.47 bits per heavy atom. The van der Waals surface area contributed by atoms with Crippen molar-refractivity contribution in [2.75, 3.05) is 11.5 Å². The summed E-state index contributed by atoms with van der Waals surface area (Å²) in [5, 5.41) is 0. The van der Waals surface area contributed by atoms with Crippen LogP contribution < -0.4 is 9.64 Å². The molecule has 0 N–H and O–H groups in total. The minimum Gasteiger partial charge on any atom is -0.478 e. The molecule has 6 nitrogen and oxygen atoms in total. The highest BCUT2D eigenvalue weighted by molar-refractivity contribution is 8.00. The van der Waals surface area contributed by atoms with E-state index in [1.54, 1.807) is 18.3 Å². The third-order valence-electron chi connectivity index (χ3n) is 5.02. The first-order valence-electron chi connectivity index (χ1n) is 9.33. The van der Waals surface area contributed by atoms with E-state index in [0.717, 1.165) is 10.5 Å². The molecule has 0 unspecified atom stereocenters. The number of rotatable bonds is 6. The van der Waals surface area contributed by atoms with Gasteiger partial charge in [-0.3, -0.25) is 4.79 Å². The van der Waals surface area contributed by atoms with Crippen molar-refractivity contribution in [2.45, 2.75) is 42.3 Å². The number of halogens is 3. The van der Waals surface area contributed by atoms with Gasteiger partial charge < -0.3 is 9.64 Å². The van der Waals surface area contributed by atoms with Gasteiger partial charge in [-0.25, -0.2) is 14.7 Å². The summed E-state index contributed by atoms with van der Waals surface area (Å²) in [6.07, 6.45) is 2.69. The third kappa shape index (κ3) is 3.83. The minimum atomic E-state index is -4.40. The predicted octanol–water partition coefficient (Wildman–Crippen LogP) is 4.59. The minimum absolute atomic E-state index is 0.0106. The molecule has 0 bridgehead atoms. The first kappa shape index (κ1) is 20.5. The Balaban J connectivity index is 1.56. The average Bonchev–Trinajstić information content (AvgIpc) is 3.45. The number of urea groups is 1. The van der Waals surface area contributed by atoms with Crippen LogP contribution in [0, 0.1) is 0 Å². The summed E-state index contributed by atoms with van der Waals surface area (Å²) in [6.45, 7) is 2.51. The number of thioether (sulfide) groups is 1. The van der Waals surface area contributed by atoms with Gasteiger partial charge in [0.1, 0.15) is 5.54 Å². The van der Waals surface area contributed by atoms with Crippen molar-refractivity contribution >= 4 is 29.4 Å². The number of amides is 3. The summed E-state index contributed by atoms with van der Waals surface area (Å²) in [7, 11) is 0. The largest absolute Gasteiger partial charge is 0.478 e. The fourth-order valence-electron chi connectivity index (χ4n) is 3.52. The van der Waals surface area contributed by atoms with Gasteiger partial charge in [-0.15, -0.1) is 0 Å². The number of imide groups is 1. The van der Waals surface area contributed by atoms with Crippen molar-refractivity contribution in [1.29, 1.82) is 0 Å². The zero-order chi connectivity index (χ0) is 21.5. The normalized spacial score (nSPS) is 17.7. The molecule has 0 radical (unpaired) electrons. The van der Waals surface area contributed by atoms with E-state index in [1.165, 1.54) is 29.2 Å². The van der Waals surface area contributed by atoms with E-state index in [0.29, 0.717) is 25.3 Å². The molecule has 4 rings (SSSR count). The topological polar surface area (TPSA) is 62.7 Å². The number of anilines is 1. The lowest BCUT2D eigenvalue weighted by Gasteiger charge is -2.21. The van der Waals surface area contributed by atoms with Crippen LogP contribution in [0.4, 0.5) is 23.7 Å². The lowest BCUT2D eigenvalue weighted by molar-refractivity contribution is -0.120. The molecule has 1 aromatic carbocycles. The molecule has 2 heterocycles. The maximum absolute atomic E-state index is 13.1. The van der Waals surface area contributed by atoms with Gasteiger partial charge >= 0.3 is 11.5 Å². The molecule has 1 saturated heterocycles. The monoisotopic (exact) mass is 437 g/mol. The average molecular weight is 437 g/mol. The third-order valence-corrected chi connectivity index (χ3v) is 5.76. The highest BCUT2D eigenvalue weighted by atomic mass is 32.2. The van der Waals surface area contributed by atoms with Crippen LogP contribution >= 0.6 is 11.8 Å². The van der Waals surface area contributed by atoms with E-state index in [1.807, 2.05) is 6.92 Å². The molecule has 1 spiro atoms. The number of hydrogen-bond donors (Lipinski definition) is 0. The van der Waals surface area contributed by atoms with Gasteiger partial charge in [0, 0.05) is 23.7 Å². The number of carbonyl (C=O) groups excluding carboxylic acids is 2. The lowest BCUT2D eigenvalue weighted by atomic mass is 10.2. The van der Waals surface area contributed by atoms with Crippen LogP contribution in [0.5, 0.6) is 5.88 Å². The smallest absolute Gasteiger partial charge is 0.446 e. The van der Waals surface area contributed by atoms with Crippen LogP contribution in [0.15, 0.2) is 47.5 Å². The lowest BCUT2D eigenvalue weighted by Crippen LogP contribution is -2.36. The Labute approximate surface area is 175 Å². The summed E-state index contributed by atoms with van der Waals surface area (Å²) in [5.74, 6) is 0.0928. The van der Waals surface area contributed by atoms with Crippen LogP contribution in [-0.4, -0.2) is 39.5 Å². The molecule has 1 aromatic heterocycles. The van der Waals surface area contributed by atoms with Crippen LogP contribution in [0.2, 0.25) is 0 Å². The van der Waals surface area contributed by atoms with Crippen LogP contribution in [-0.2, 0) is 11.3 Å². The fourth-order valence-corrected chi connectivity index (χ4v) is 4.06. The highest BCUT2D eigenvalue weighted by Crippen LogP contribution is 2.50. The van der Waals surface area contributed by atoms with Crippen molar-refractivity contribution < 1.29 is 27.5 Å². The maximum atomic E-state index is 13.1. The number of pyridine rings is 1. The molecule has 1 saturated carbocycles. The van der Waals surface area contributed by atoms with Gasteiger partial charge in [0.05, 0.1) is 12.3 Å². The van der Waals surface area contributed by atoms with E-state index in [2.05, 4.69) is 4.98 Å². The number of aromatic nitrogens is 1. The molecule has 2 fully saturated rings. The van der Waals surface area contributed by atoms with E-state index in [-0.39, 0.29) is 34.8 Å². The van der Waals surface area contributed by atoms with Crippen molar-refractivity contribution in [3.63, 3.8) is 0 Å². The number of nitrogens with zero attached hydrogens (tertiary/aromatic N) is 3. The van der Waals surface area contributed by atoms with Gasteiger partial charge in [0.15, 0.2) is 0 Å². The van der Waals surface area contributed by atoms with Crippen LogP contribution in [0.25, 0.3) is 0 Å². The van der Waals surface area contributed by atoms with Gasteiger partial charge in [-0.2, -0.15) is 13.2 Å². The Bertz CT molecular complexity index is 977. The molecule has 1 aliphatic carbocycles. The van der Waals surface area contributed by atoms with Crippen LogP contribution in [0.1, 0.15) is 25.3 Å². The van der Waals surface area contributed by atoms with Gasteiger partial charge in [0.2, 0.25) is 5.88 Å². The van der Waals surface area contributed by atoms with Crippen LogP contribution in [0.3, 0.4) is 0 Å². The number of ether oxygens (including phenoxy) is 1.